The van der Waals surface area contributed by atoms with Crippen molar-refractivity contribution in [2.75, 3.05) is 5.32 Å². The van der Waals surface area contributed by atoms with Crippen molar-refractivity contribution >= 4 is 39.1 Å². The van der Waals surface area contributed by atoms with Crippen molar-refractivity contribution in [3.8, 4) is 5.75 Å². The molecule has 0 unspecified atom stereocenters. The van der Waals surface area contributed by atoms with Crippen LogP contribution in [0, 0.1) is 6.92 Å². The SMILES string of the molecule is C/C(=N\NC(=O)C(=O)Nc1ccc(Br)cc1)c1ccc(OCc2ccccc2C)cc1. The highest BCUT2D eigenvalue weighted by atomic mass is 79.9. The van der Waals surface area contributed by atoms with Crippen molar-refractivity contribution in [2.45, 2.75) is 20.5 Å². The van der Waals surface area contributed by atoms with Gasteiger partial charge >= 0.3 is 11.8 Å². The van der Waals surface area contributed by atoms with E-state index in [0.717, 1.165) is 21.3 Å². The van der Waals surface area contributed by atoms with Gasteiger partial charge in [0.2, 0.25) is 0 Å². The van der Waals surface area contributed by atoms with Gasteiger partial charge in [0.1, 0.15) is 12.4 Å². The monoisotopic (exact) mass is 479 g/mol. The molecule has 0 fully saturated rings. The van der Waals surface area contributed by atoms with Crippen molar-refractivity contribution in [3.63, 3.8) is 0 Å². The fraction of sp³-hybridized carbons (Fsp3) is 0.125. The third-order valence-corrected chi connectivity index (χ3v) is 5.09. The number of hydrogen-bond donors (Lipinski definition) is 2. The van der Waals surface area contributed by atoms with Crippen molar-refractivity contribution in [1.29, 1.82) is 0 Å². The molecule has 0 saturated heterocycles. The smallest absolute Gasteiger partial charge is 0.329 e. The Morgan fingerprint density at radius 2 is 1.61 bits per heavy atom. The fourth-order valence-electron chi connectivity index (χ4n) is 2.70. The van der Waals surface area contributed by atoms with Crippen LogP contribution in [0.4, 0.5) is 5.69 Å². The van der Waals surface area contributed by atoms with Gasteiger partial charge in [-0.15, -0.1) is 0 Å². The zero-order valence-corrected chi connectivity index (χ0v) is 18.8. The summed E-state index contributed by atoms with van der Waals surface area (Å²) in [5.74, 6) is -0.906. The highest BCUT2D eigenvalue weighted by Gasteiger charge is 2.13. The van der Waals surface area contributed by atoms with Crippen LogP contribution in [-0.2, 0) is 16.2 Å². The Balaban J connectivity index is 1.53. The third-order valence-electron chi connectivity index (χ3n) is 4.56. The van der Waals surface area contributed by atoms with Gasteiger partial charge in [-0.25, -0.2) is 5.43 Å². The van der Waals surface area contributed by atoms with E-state index in [2.05, 4.69) is 44.8 Å². The summed E-state index contributed by atoms with van der Waals surface area (Å²) in [6.45, 7) is 4.29. The second-order valence-electron chi connectivity index (χ2n) is 6.84. The Bertz CT molecular complexity index is 1090. The number of rotatable bonds is 6. The molecule has 0 heterocycles. The summed E-state index contributed by atoms with van der Waals surface area (Å²) in [7, 11) is 0. The van der Waals surface area contributed by atoms with Gasteiger partial charge in [0.05, 0.1) is 5.71 Å². The van der Waals surface area contributed by atoms with Crippen molar-refractivity contribution in [3.05, 3.63) is 94.0 Å². The second kappa shape index (κ2) is 10.5. The number of nitrogens with one attached hydrogen (secondary N) is 2. The lowest BCUT2D eigenvalue weighted by atomic mass is 10.1. The van der Waals surface area contributed by atoms with Gasteiger partial charge in [0.25, 0.3) is 0 Å². The van der Waals surface area contributed by atoms with Crippen LogP contribution in [0.15, 0.2) is 82.4 Å². The van der Waals surface area contributed by atoms with Gasteiger partial charge in [0, 0.05) is 10.2 Å². The molecular formula is C24H22BrN3O3. The van der Waals surface area contributed by atoms with E-state index in [1.54, 1.807) is 31.2 Å². The predicted molar refractivity (Wildman–Crippen MR) is 125 cm³/mol. The standard InChI is InChI=1S/C24H22BrN3O3/c1-16-5-3-4-6-19(16)15-31-22-13-7-18(8-14-22)17(2)27-28-24(30)23(29)26-21-11-9-20(25)10-12-21/h3-14H,15H2,1-2H3,(H,26,29)(H,28,30)/b27-17+. The van der Waals surface area contributed by atoms with E-state index in [1.807, 2.05) is 42.5 Å². The minimum atomic E-state index is -0.847. The molecule has 7 heteroatoms. The Labute approximate surface area is 189 Å². The molecule has 0 aliphatic rings. The molecule has 2 amide bonds. The minimum Gasteiger partial charge on any atom is -0.489 e. The lowest BCUT2D eigenvalue weighted by Crippen LogP contribution is -2.32. The van der Waals surface area contributed by atoms with Gasteiger partial charge in [-0.3, -0.25) is 9.59 Å². The Morgan fingerprint density at radius 1 is 0.935 bits per heavy atom. The van der Waals surface area contributed by atoms with E-state index in [9.17, 15) is 9.59 Å². The largest absolute Gasteiger partial charge is 0.489 e. The Kier molecular flexibility index (Phi) is 7.56. The second-order valence-corrected chi connectivity index (χ2v) is 7.75. The average Bonchev–Trinajstić information content (AvgIpc) is 2.78. The summed E-state index contributed by atoms with van der Waals surface area (Å²) in [5.41, 5.74) is 6.48. The zero-order chi connectivity index (χ0) is 22.2. The molecule has 0 aliphatic heterocycles. The number of aryl methyl sites for hydroxylation is 1. The molecule has 3 rings (SSSR count). The number of halogens is 1. The molecule has 6 nitrogen and oxygen atoms in total. The molecule has 3 aromatic rings. The van der Waals surface area contributed by atoms with Crippen molar-refractivity contribution in [1.82, 2.24) is 5.43 Å². The maximum absolute atomic E-state index is 12.0. The molecule has 31 heavy (non-hydrogen) atoms. The lowest BCUT2D eigenvalue weighted by molar-refractivity contribution is -0.136. The number of carbonyl (C=O) groups excluding carboxylic acids is 2. The van der Waals surface area contributed by atoms with Crippen LogP contribution in [0.2, 0.25) is 0 Å². The van der Waals surface area contributed by atoms with Crippen LogP contribution >= 0.6 is 15.9 Å². The first-order valence-corrected chi connectivity index (χ1v) is 10.4. The molecule has 0 bridgehead atoms. The number of ether oxygens (including phenoxy) is 1. The molecule has 0 aromatic heterocycles. The molecule has 0 spiro atoms. The molecule has 0 aliphatic carbocycles. The van der Waals surface area contributed by atoms with E-state index >= 15 is 0 Å². The zero-order valence-electron chi connectivity index (χ0n) is 17.2. The number of amides is 2. The van der Waals surface area contributed by atoms with E-state index in [-0.39, 0.29) is 0 Å². The van der Waals surface area contributed by atoms with Crippen LogP contribution in [0.1, 0.15) is 23.6 Å². The number of carbonyl (C=O) groups is 2. The summed E-state index contributed by atoms with van der Waals surface area (Å²) < 4.78 is 6.71. The molecule has 3 aromatic carbocycles. The van der Waals surface area contributed by atoms with Gasteiger partial charge < -0.3 is 10.1 Å². The van der Waals surface area contributed by atoms with Gasteiger partial charge in [0.15, 0.2) is 0 Å². The summed E-state index contributed by atoms with van der Waals surface area (Å²) in [4.78, 5) is 24.0. The average molecular weight is 480 g/mol. The first kappa shape index (κ1) is 22.2. The van der Waals surface area contributed by atoms with E-state index in [0.29, 0.717) is 18.0 Å². The lowest BCUT2D eigenvalue weighted by Gasteiger charge is -2.09. The quantitative estimate of drug-likeness (QED) is 0.302. The van der Waals surface area contributed by atoms with Crippen molar-refractivity contribution < 1.29 is 14.3 Å². The molecule has 2 N–H and O–H groups in total. The number of hydrogen-bond acceptors (Lipinski definition) is 4. The van der Waals surface area contributed by atoms with E-state index < -0.39 is 11.8 Å². The molecular weight excluding hydrogens is 458 g/mol. The van der Waals surface area contributed by atoms with E-state index in [4.69, 9.17) is 4.74 Å². The van der Waals surface area contributed by atoms with Gasteiger partial charge in [-0.1, -0.05) is 40.2 Å². The third kappa shape index (κ3) is 6.52. The van der Waals surface area contributed by atoms with Crippen molar-refractivity contribution in [2.24, 2.45) is 5.10 Å². The first-order chi connectivity index (χ1) is 14.9. The fourth-order valence-corrected chi connectivity index (χ4v) is 2.96. The first-order valence-electron chi connectivity index (χ1n) is 9.61. The normalized spacial score (nSPS) is 11.0. The number of hydrazone groups is 1. The summed E-state index contributed by atoms with van der Waals surface area (Å²) in [5, 5.41) is 6.53. The Morgan fingerprint density at radius 3 is 2.29 bits per heavy atom. The maximum atomic E-state index is 12.0. The molecule has 0 saturated carbocycles. The molecule has 0 radical (unpaired) electrons. The van der Waals surface area contributed by atoms with Crippen LogP contribution < -0.4 is 15.5 Å². The highest BCUT2D eigenvalue weighted by Crippen LogP contribution is 2.16. The van der Waals surface area contributed by atoms with Crippen LogP contribution in [0.25, 0.3) is 0 Å². The Hall–Kier alpha value is -3.45. The predicted octanol–water partition coefficient (Wildman–Crippen LogP) is 4.82. The summed E-state index contributed by atoms with van der Waals surface area (Å²) >= 11 is 3.31. The van der Waals surface area contributed by atoms with Gasteiger partial charge in [-0.05, 0) is 79.1 Å². The minimum absolute atomic E-state index is 0.489. The molecule has 0 atom stereocenters. The summed E-state index contributed by atoms with van der Waals surface area (Å²) in [6, 6.07) is 22.4. The topological polar surface area (TPSA) is 79.8 Å². The maximum Gasteiger partial charge on any atom is 0.329 e. The number of nitrogens with zero attached hydrogens (tertiary/aromatic N) is 1. The van der Waals surface area contributed by atoms with Crippen LogP contribution in [0.3, 0.4) is 0 Å². The van der Waals surface area contributed by atoms with Crippen LogP contribution in [-0.4, -0.2) is 17.5 Å². The number of benzene rings is 3. The highest BCUT2D eigenvalue weighted by molar-refractivity contribution is 9.10. The molecule has 158 valence electrons. The van der Waals surface area contributed by atoms with E-state index in [1.165, 1.54) is 5.56 Å². The number of anilines is 1. The summed E-state index contributed by atoms with van der Waals surface area (Å²) in [6.07, 6.45) is 0. The van der Waals surface area contributed by atoms with Crippen LogP contribution in [0.5, 0.6) is 5.75 Å². The van der Waals surface area contributed by atoms with Gasteiger partial charge in [-0.2, -0.15) is 5.10 Å².